The first-order valence-corrected chi connectivity index (χ1v) is 6.82. The third-order valence-corrected chi connectivity index (χ3v) is 3.16. The second-order valence-electron chi connectivity index (χ2n) is 4.65. The van der Waals surface area contributed by atoms with E-state index >= 15 is 0 Å². The molecule has 116 valence electrons. The first kappa shape index (κ1) is 15.7. The number of benzene rings is 1. The number of aromatic hydroxyl groups is 1. The van der Waals surface area contributed by atoms with Gasteiger partial charge in [0.2, 0.25) is 5.75 Å². The second-order valence-corrected chi connectivity index (χ2v) is 4.65. The number of carbonyl (C=O) groups excluding carboxylic acids is 1. The van der Waals surface area contributed by atoms with Crippen molar-refractivity contribution in [3.05, 3.63) is 47.9 Å². The van der Waals surface area contributed by atoms with Gasteiger partial charge in [-0.25, -0.2) is 0 Å². The summed E-state index contributed by atoms with van der Waals surface area (Å²) in [5.74, 6) is 1.30. The van der Waals surface area contributed by atoms with Crippen molar-refractivity contribution in [2.45, 2.75) is 12.8 Å². The maximum atomic E-state index is 11.8. The van der Waals surface area contributed by atoms with E-state index in [0.29, 0.717) is 29.9 Å². The maximum Gasteiger partial charge on any atom is 0.200 e. The molecule has 0 atom stereocenters. The second kappa shape index (κ2) is 7.36. The van der Waals surface area contributed by atoms with Gasteiger partial charge in [-0.1, -0.05) is 6.08 Å². The molecule has 0 radical (unpaired) electrons. The molecule has 0 bridgehead atoms. The average molecular weight is 302 g/mol. The third-order valence-electron chi connectivity index (χ3n) is 3.16. The summed E-state index contributed by atoms with van der Waals surface area (Å²) >= 11 is 0. The highest BCUT2D eigenvalue weighted by Gasteiger charge is 2.10. The Kier molecular flexibility index (Phi) is 5.25. The standard InChI is InChI=1S/C17H18O5/c1-20-15-10-12(11-16(21-2)17(15)19)5-6-13(18)7-8-14-4-3-9-22-14/h3-6,9-11,19H,7-8H2,1-2H3. The number of methoxy groups -OCH3 is 2. The number of hydrogen-bond donors (Lipinski definition) is 1. The summed E-state index contributed by atoms with van der Waals surface area (Å²) in [6, 6.07) is 6.90. The van der Waals surface area contributed by atoms with Crippen LogP contribution in [0.25, 0.3) is 6.08 Å². The summed E-state index contributed by atoms with van der Waals surface area (Å²) in [5.41, 5.74) is 0.706. The Bertz CT molecular complexity index is 631. The van der Waals surface area contributed by atoms with Gasteiger partial charge in [0.05, 0.1) is 20.5 Å². The van der Waals surface area contributed by atoms with Gasteiger partial charge in [0.25, 0.3) is 0 Å². The number of rotatable bonds is 7. The molecule has 5 nitrogen and oxygen atoms in total. The maximum absolute atomic E-state index is 11.8. The van der Waals surface area contributed by atoms with Crippen LogP contribution in [0.4, 0.5) is 0 Å². The van der Waals surface area contributed by atoms with Crippen LogP contribution in [0, 0.1) is 0 Å². The van der Waals surface area contributed by atoms with Crippen LogP contribution in [0.3, 0.4) is 0 Å². The van der Waals surface area contributed by atoms with Crippen molar-refractivity contribution in [1.82, 2.24) is 0 Å². The van der Waals surface area contributed by atoms with E-state index in [0.717, 1.165) is 5.76 Å². The number of allylic oxidation sites excluding steroid dienone is 1. The lowest BCUT2D eigenvalue weighted by Gasteiger charge is -2.09. The van der Waals surface area contributed by atoms with Gasteiger partial charge < -0.3 is 19.0 Å². The molecule has 22 heavy (non-hydrogen) atoms. The first-order valence-electron chi connectivity index (χ1n) is 6.82. The lowest BCUT2D eigenvalue weighted by atomic mass is 10.1. The molecule has 0 spiro atoms. The normalized spacial score (nSPS) is 10.8. The van der Waals surface area contributed by atoms with E-state index in [1.807, 2.05) is 6.07 Å². The smallest absolute Gasteiger partial charge is 0.200 e. The SMILES string of the molecule is COc1cc(C=CC(=O)CCc2ccco2)cc(OC)c1O. The first-order chi connectivity index (χ1) is 10.6. The molecule has 1 aromatic carbocycles. The van der Waals surface area contributed by atoms with E-state index in [9.17, 15) is 9.90 Å². The molecule has 0 aliphatic heterocycles. The monoisotopic (exact) mass is 302 g/mol. The average Bonchev–Trinajstić information content (AvgIpc) is 3.05. The lowest BCUT2D eigenvalue weighted by Crippen LogP contribution is -1.95. The summed E-state index contributed by atoms with van der Waals surface area (Å²) in [7, 11) is 2.91. The number of phenols is 1. The minimum atomic E-state index is -0.0636. The van der Waals surface area contributed by atoms with E-state index in [1.165, 1.54) is 20.3 Å². The predicted molar refractivity (Wildman–Crippen MR) is 82.3 cm³/mol. The summed E-state index contributed by atoms with van der Waals surface area (Å²) in [5, 5.41) is 9.83. The van der Waals surface area contributed by atoms with Crippen LogP contribution in [0.2, 0.25) is 0 Å². The molecule has 0 aliphatic rings. The molecular formula is C17H18O5. The van der Waals surface area contributed by atoms with Crippen molar-refractivity contribution >= 4 is 11.9 Å². The molecule has 5 heteroatoms. The molecule has 0 amide bonds. The van der Waals surface area contributed by atoms with Crippen LogP contribution in [0.1, 0.15) is 17.7 Å². The van der Waals surface area contributed by atoms with Gasteiger partial charge in [-0.15, -0.1) is 0 Å². The fourth-order valence-corrected chi connectivity index (χ4v) is 1.98. The molecule has 0 fully saturated rings. The minimum absolute atomic E-state index is 0.0117. The number of furan rings is 1. The number of carbonyl (C=O) groups is 1. The lowest BCUT2D eigenvalue weighted by molar-refractivity contribution is -0.114. The third kappa shape index (κ3) is 3.91. The van der Waals surface area contributed by atoms with Crippen molar-refractivity contribution in [2.75, 3.05) is 14.2 Å². The van der Waals surface area contributed by atoms with Crippen LogP contribution in [0.15, 0.2) is 41.0 Å². The van der Waals surface area contributed by atoms with Crippen molar-refractivity contribution in [2.24, 2.45) is 0 Å². The Morgan fingerprint density at radius 3 is 2.50 bits per heavy atom. The molecule has 2 aromatic rings. The van der Waals surface area contributed by atoms with Gasteiger partial charge in [0.15, 0.2) is 17.3 Å². The number of aryl methyl sites for hydroxylation is 1. The fraction of sp³-hybridized carbons (Fsp3) is 0.235. The van der Waals surface area contributed by atoms with Crippen molar-refractivity contribution < 1.29 is 23.8 Å². The number of ether oxygens (including phenoxy) is 2. The van der Waals surface area contributed by atoms with Crippen molar-refractivity contribution in [3.8, 4) is 17.2 Å². The predicted octanol–water partition coefficient (Wildman–Crippen LogP) is 3.22. The Morgan fingerprint density at radius 2 is 1.95 bits per heavy atom. The highest BCUT2D eigenvalue weighted by Crippen LogP contribution is 2.37. The molecule has 2 rings (SSSR count). The Balaban J connectivity index is 2.04. The van der Waals surface area contributed by atoms with Gasteiger partial charge in [0, 0.05) is 12.8 Å². The zero-order valence-corrected chi connectivity index (χ0v) is 12.5. The molecule has 1 aromatic heterocycles. The molecular weight excluding hydrogens is 284 g/mol. The Labute approximate surface area is 128 Å². The number of ketones is 1. The van der Waals surface area contributed by atoms with Crippen LogP contribution < -0.4 is 9.47 Å². The molecule has 0 unspecified atom stereocenters. The van der Waals surface area contributed by atoms with E-state index in [2.05, 4.69) is 0 Å². The molecule has 0 aliphatic carbocycles. The molecule has 1 heterocycles. The highest BCUT2D eigenvalue weighted by atomic mass is 16.5. The number of hydrogen-bond acceptors (Lipinski definition) is 5. The number of phenolic OH excluding ortho intramolecular Hbond substituents is 1. The molecule has 0 saturated carbocycles. The van der Waals surface area contributed by atoms with Gasteiger partial charge in [0.1, 0.15) is 5.76 Å². The largest absolute Gasteiger partial charge is 0.502 e. The molecule has 1 N–H and O–H groups in total. The van der Waals surface area contributed by atoms with Crippen LogP contribution >= 0.6 is 0 Å². The topological polar surface area (TPSA) is 68.9 Å². The minimum Gasteiger partial charge on any atom is -0.502 e. The Morgan fingerprint density at radius 1 is 1.27 bits per heavy atom. The summed E-state index contributed by atoms with van der Waals surface area (Å²) < 4.78 is 15.3. The van der Waals surface area contributed by atoms with Crippen molar-refractivity contribution in [3.63, 3.8) is 0 Å². The van der Waals surface area contributed by atoms with E-state index in [-0.39, 0.29) is 11.5 Å². The Hall–Kier alpha value is -2.69. The van der Waals surface area contributed by atoms with Crippen LogP contribution in [-0.4, -0.2) is 25.1 Å². The van der Waals surface area contributed by atoms with Crippen molar-refractivity contribution in [1.29, 1.82) is 0 Å². The van der Waals surface area contributed by atoms with Gasteiger partial charge in [-0.3, -0.25) is 4.79 Å². The van der Waals surface area contributed by atoms with Gasteiger partial charge in [-0.2, -0.15) is 0 Å². The molecule has 0 saturated heterocycles. The summed E-state index contributed by atoms with van der Waals surface area (Å²) in [6.07, 6.45) is 5.68. The van der Waals surface area contributed by atoms with Gasteiger partial charge >= 0.3 is 0 Å². The fourth-order valence-electron chi connectivity index (χ4n) is 1.98. The van der Waals surface area contributed by atoms with E-state index in [4.69, 9.17) is 13.9 Å². The highest BCUT2D eigenvalue weighted by molar-refractivity contribution is 5.93. The van der Waals surface area contributed by atoms with Crippen LogP contribution in [-0.2, 0) is 11.2 Å². The van der Waals surface area contributed by atoms with Gasteiger partial charge in [-0.05, 0) is 35.9 Å². The van der Waals surface area contributed by atoms with Crippen LogP contribution in [0.5, 0.6) is 17.2 Å². The van der Waals surface area contributed by atoms with E-state index in [1.54, 1.807) is 30.5 Å². The summed E-state index contributed by atoms with van der Waals surface area (Å²) in [6.45, 7) is 0. The summed E-state index contributed by atoms with van der Waals surface area (Å²) in [4.78, 5) is 11.8. The zero-order valence-electron chi connectivity index (χ0n) is 12.5. The van der Waals surface area contributed by atoms with E-state index < -0.39 is 0 Å². The zero-order chi connectivity index (χ0) is 15.9. The quantitative estimate of drug-likeness (QED) is 0.795.